The van der Waals surface area contributed by atoms with Crippen LogP contribution in [0.1, 0.15) is 11.1 Å². The standard InChI is InChI=1S/C10H8O3/c11-9-5-7-3-1-2-4-8(7)6-10(12)13-9/h1-4H,5-6H2. The second-order valence-electron chi connectivity index (χ2n) is 2.97. The molecule has 0 N–H and O–H groups in total. The van der Waals surface area contributed by atoms with Crippen LogP contribution in [0.5, 0.6) is 0 Å². The summed E-state index contributed by atoms with van der Waals surface area (Å²) in [6.07, 6.45) is 0.393. The first-order valence-corrected chi connectivity index (χ1v) is 4.06. The van der Waals surface area contributed by atoms with E-state index in [1.165, 1.54) is 0 Å². The molecule has 66 valence electrons. The van der Waals surface area contributed by atoms with E-state index < -0.39 is 11.9 Å². The van der Waals surface area contributed by atoms with Crippen molar-refractivity contribution in [2.24, 2.45) is 0 Å². The van der Waals surface area contributed by atoms with E-state index in [0.29, 0.717) is 0 Å². The number of hydrogen-bond acceptors (Lipinski definition) is 3. The summed E-state index contributed by atoms with van der Waals surface area (Å²) in [7, 11) is 0. The van der Waals surface area contributed by atoms with Crippen molar-refractivity contribution >= 4 is 11.9 Å². The molecule has 3 heteroatoms. The lowest BCUT2D eigenvalue weighted by Crippen LogP contribution is -2.11. The second-order valence-corrected chi connectivity index (χ2v) is 2.97. The first-order valence-electron chi connectivity index (χ1n) is 4.06. The van der Waals surface area contributed by atoms with Gasteiger partial charge in [0.25, 0.3) is 0 Å². The molecule has 0 aliphatic carbocycles. The van der Waals surface area contributed by atoms with Crippen LogP contribution in [0.2, 0.25) is 0 Å². The highest BCUT2D eigenvalue weighted by atomic mass is 16.6. The molecule has 0 atom stereocenters. The maximum Gasteiger partial charge on any atom is 0.317 e. The summed E-state index contributed by atoms with van der Waals surface area (Å²) in [6, 6.07) is 7.38. The Labute approximate surface area is 75.3 Å². The number of rotatable bonds is 0. The Balaban J connectivity index is 2.43. The van der Waals surface area contributed by atoms with Crippen molar-refractivity contribution in [1.82, 2.24) is 0 Å². The molecule has 3 nitrogen and oxygen atoms in total. The zero-order valence-corrected chi connectivity index (χ0v) is 6.95. The van der Waals surface area contributed by atoms with Crippen molar-refractivity contribution < 1.29 is 14.3 Å². The molecule has 1 heterocycles. The molecule has 13 heavy (non-hydrogen) atoms. The van der Waals surface area contributed by atoms with E-state index in [-0.39, 0.29) is 12.8 Å². The molecule has 1 aromatic carbocycles. The van der Waals surface area contributed by atoms with E-state index in [0.717, 1.165) is 11.1 Å². The van der Waals surface area contributed by atoms with Crippen molar-refractivity contribution in [2.45, 2.75) is 12.8 Å². The van der Waals surface area contributed by atoms with E-state index in [1.807, 2.05) is 24.3 Å². The van der Waals surface area contributed by atoms with Crippen LogP contribution in [0.4, 0.5) is 0 Å². The van der Waals surface area contributed by atoms with Gasteiger partial charge in [-0.25, -0.2) is 0 Å². The van der Waals surface area contributed by atoms with Crippen LogP contribution in [0.25, 0.3) is 0 Å². The highest BCUT2D eigenvalue weighted by Crippen LogP contribution is 2.14. The third kappa shape index (κ3) is 1.59. The quantitative estimate of drug-likeness (QED) is 0.435. The van der Waals surface area contributed by atoms with Gasteiger partial charge >= 0.3 is 11.9 Å². The van der Waals surface area contributed by atoms with Crippen molar-refractivity contribution in [1.29, 1.82) is 0 Å². The van der Waals surface area contributed by atoms with Gasteiger partial charge in [-0.15, -0.1) is 0 Å². The first-order chi connectivity index (χ1) is 6.25. The minimum absolute atomic E-state index is 0.196. The topological polar surface area (TPSA) is 43.4 Å². The monoisotopic (exact) mass is 176 g/mol. The number of ether oxygens (including phenoxy) is 1. The summed E-state index contributed by atoms with van der Waals surface area (Å²) in [5, 5.41) is 0. The zero-order valence-electron chi connectivity index (χ0n) is 6.95. The maximum atomic E-state index is 11.0. The van der Waals surface area contributed by atoms with Gasteiger partial charge in [0.1, 0.15) is 0 Å². The Bertz CT molecular complexity index is 333. The van der Waals surface area contributed by atoms with Crippen molar-refractivity contribution in [3.63, 3.8) is 0 Å². The number of carbonyl (C=O) groups excluding carboxylic acids is 2. The summed E-state index contributed by atoms with van der Waals surface area (Å²) >= 11 is 0. The Morgan fingerprint density at radius 2 is 1.38 bits per heavy atom. The fraction of sp³-hybridized carbons (Fsp3) is 0.200. The molecule has 0 saturated carbocycles. The third-order valence-corrected chi connectivity index (χ3v) is 2.02. The third-order valence-electron chi connectivity index (χ3n) is 2.02. The fourth-order valence-corrected chi connectivity index (χ4v) is 1.41. The average Bonchev–Trinajstić information content (AvgIpc) is 2.20. The van der Waals surface area contributed by atoms with Gasteiger partial charge in [0.05, 0.1) is 12.8 Å². The molecule has 1 aliphatic heterocycles. The normalized spacial score (nSPS) is 16.0. The van der Waals surface area contributed by atoms with Gasteiger partial charge in [-0.3, -0.25) is 9.59 Å². The van der Waals surface area contributed by atoms with Gasteiger partial charge in [-0.05, 0) is 11.1 Å². The minimum Gasteiger partial charge on any atom is -0.393 e. The molecule has 0 bridgehead atoms. The zero-order chi connectivity index (χ0) is 9.26. The van der Waals surface area contributed by atoms with Crippen LogP contribution in [0.3, 0.4) is 0 Å². The predicted octanol–water partition coefficient (Wildman–Crippen LogP) is 0.855. The largest absolute Gasteiger partial charge is 0.393 e. The van der Waals surface area contributed by atoms with Crippen LogP contribution in [0.15, 0.2) is 24.3 Å². The smallest absolute Gasteiger partial charge is 0.317 e. The molecule has 2 rings (SSSR count). The number of hydrogen-bond donors (Lipinski definition) is 0. The highest BCUT2D eigenvalue weighted by Gasteiger charge is 2.19. The van der Waals surface area contributed by atoms with E-state index in [2.05, 4.69) is 4.74 Å². The van der Waals surface area contributed by atoms with Crippen LogP contribution in [-0.4, -0.2) is 11.9 Å². The SMILES string of the molecule is O=C1Cc2ccccc2CC(=O)O1. The summed E-state index contributed by atoms with van der Waals surface area (Å²) < 4.78 is 4.52. The van der Waals surface area contributed by atoms with E-state index in [1.54, 1.807) is 0 Å². The van der Waals surface area contributed by atoms with Crippen LogP contribution in [0, 0.1) is 0 Å². The van der Waals surface area contributed by atoms with Crippen molar-refractivity contribution in [3.8, 4) is 0 Å². The Kier molecular flexibility index (Phi) is 1.85. The molecule has 0 saturated heterocycles. The molecule has 0 fully saturated rings. The lowest BCUT2D eigenvalue weighted by atomic mass is 10.0. The van der Waals surface area contributed by atoms with E-state index >= 15 is 0 Å². The van der Waals surface area contributed by atoms with Gasteiger partial charge in [0.2, 0.25) is 0 Å². The Morgan fingerprint density at radius 1 is 0.923 bits per heavy atom. The number of cyclic esters (lactones) is 2. The number of fused-ring (bicyclic) bond motifs is 1. The highest BCUT2D eigenvalue weighted by molar-refractivity contribution is 5.90. The second kappa shape index (κ2) is 3.01. The van der Waals surface area contributed by atoms with Crippen molar-refractivity contribution in [3.05, 3.63) is 35.4 Å². The lowest BCUT2D eigenvalue weighted by Gasteiger charge is -1.99. The molecule has 0 amide bonds. The van der Waals surface area contributed by atoms with Gasteiger partial charge in [-0.2, -0.15) is 0 Å². The molecule has 0 aromatic heterocycles. The van der Waals surface area contributed by atoms with Crippen LogP contribution < -0.4 is 0 Å². The van der Waals surface area contributed by atoms with Crippen LogP contribution >= 0.6 is 0 Å². The predicted molar refractivity (Wildman–Crippen MR) is 44.9 cm³/mol. The molecule has 0 radical (unpaired) electrons. The van der Waals surface area contributed by atoms with Gasteiger partial charge in [0, 0.05) is 0 Å². The Hall–Kier alpha value is -1.64. The van der Waals surface area contributed by atoms with E-state index in [9.17, 15) is 9.59 Å². The Morgan fingerprint density at radius 3 is 1.85 bits per heavy atom. The van der Waals surface area contributed by atoms with E-state index in [4.69, 9.17) is 0 Å². The summed E-state index contributed by atoms with van der Waals surface area (Å²) in [5.74, 6) is -0.926. The fourth-order valence-electron chi connectivity index (χ4n) is 1.41. The lowest BCUT2D eigenvalue weighted by molar-refractivity contribution is -0.158. The molecule has 1 aliphatic rings. The molecular weight excluding hydrogens is 168 g/mol. The first kappa shape index (κ1) is 7.98. The number of benzene rings is 1. The van der Waals surface area contributed by atoms with Gasteiger partial charge < -0.3 is 4.74 Å². The number of esters is 2. The summed E-state index contributed by atoms with van der Waals surface area (Å²) in [4.78, 5) is 22.0. The number of carbonyl (C=O) groups is 2. The maximum absolute atomic E-state index is 11.0. The van der Waals surface area contributed by atoms with Gasteiger partial charge in [-0.1, -0.05) is 24.3 Å². The summed E-state index contributed by atoms with van der Waals surface area (Å²) in [6.45, 7) is 0. The minimum atomic E-state index is -0.463. The average molecular weight is 176 g/mol. The molecular formula is C10H8O3. The molecule has 1 aromatic rings. The van der Waals surface area contributed by atoms with Crippen molar-refractivity contribution in [2.75, 3.05) is 0 Å². The molecule has 0 unspecified atom stereocenters. The molecule has 0 spiro atoms. The van der Waals surface area contributed by atoms with Crippen LogP contribution in [-0.2, 0) is 27.2 Å². The summed E-state index contributed by atoms with van der Waals surface area (Å²) in [5.41, 5.74) is 1.77. The van der Waals surface area contributed by atoms with Gasteiger partial charge in [0.15, 0.2) is 0 Å².